The Kier molecular flexibility index (Phi) is 53.6. The molecule has 1 fully saturated rings. The number of hydrogen-bond acceptors (Lipinski definition) is 10. The molecular weight excluding hydrogens is 967 g/mol. The highest BCUT2D eigenvalue weighted by Crippen LogP contribution is 2.24. The van der Waals surface area contributed by atoms with Gasteiger partial charge in [0.2, 0.25) is 5.91 Å². The van der Waals surface area contributed by atoms with Crippen LogP contribution < -0.4 is 5.32 Å². The van der Waals surface area contributed by atoms with Gasteiger partial charge in [0.1, 0.15) is 36.6 Å². The van der Waals surface area contributed by atoms with E-state index in [0.717, 1.165) is 38.5 Å². The molecule has 0 aliphatic carbocycles. The van der Waals surface area contributed by atoms with Crippen molar-refractivity contribution in [3.05, 3.63) is 0 Å². The van der Waals surface area contributed by atoms with Crippen LogP contribution in [-0.2, 0) is 14.3 Å². The molecule has 0 spiro atoms. The third-order valence-corrected chi connectivity index (χ3v) is 16.9. The Balaban J connectivity index is 2.17. The second-order valence-electron chi connectivity index (χ2n) is 24.3. The minimum atomic E-state index is -1.66. The minimum absolute atomic E-state index is 0.267. The van der Waals surface area contributed by atoms with Gasteiger partial charge >= 0.3 is 0 Å². The van der Waals surface area contributed by atoms with Crippen LogP contribution in [0.1, 0.15) is 348 Å². The third-order valence-electron chi connectivity index (χ3n) is 16.9. The lowest BCUT2D eigenvalue weighted by molar-refractivity contribution is -0.303. The zero-order chi connectivity index (χ0) is 56.1. The molecule has 77 heavy (non-hydrogen) atoms. The fourth-order valence-corrected chi connectivity index (χ4v) is 11.4. The minimum Gasteiger partial charge on any atom is -0.394 e. The molecule has 11 nitrogen and oxygen atoms in total. The highest BCUT2D eigenvalue weighted by atomic mass is 16.7. The summed E-state index contributed by atoms with van der Waals surface area (Å²) in [5, 5.41) is 76.4. The fourth-order valence-electron chi connectivity index (χ4n) is 11.4. The molecule has 1 heterocycles. The van der Waals surface area contributed by atoms with Gasteiger partial charge < -0.3 is 50.5 Å². The first-order valence-electron chi connectivity index (χ1n) is 33.9. The molecule has 9 unspecified atom stereocenters. The van der Waals surface area contributed by atoms with Crippen LogP contribution in [0.2, 0.25) is 0 Å². The SMILES string of the molecule is CCCCCCCCCCCCCCCCCCCCCCCCCCCCCCCCCCC(O)C(O)C(COC1OC(CO)C(O)C(O)C1O)NC(=O)C(O)CCCCCCCCCCCCCCCCCCCC. The zero-order valence-electron chi connectivity index (χ0n) is 50.7. The van der Waals surface area contributed by atoms with Crippen molar-refractivity contribution in [2.24, 2.45) is 0 Å². The van der Waals surface area contributed by atoms with Crippen LogP contribution in [0.4, 0.5) is 0 Å². The van der Waals surface area contributed by atoms with Crippen LogP contribution in [0.15, 0.2) is 0 Å². The van der Waals surface area contributed by atoms with E-state index in [1.165, 1.54) is 270 Å². The van der Waals surface area contributed by atoms with Crippen molar-refractivity contribution in [1.29, 1.82) is 0 Å². The maximum atomic E-state index is 13.2. The zero-order valence-corrected chi connectivity index (χ0v) is 50.7. The average molecular weight is 1100 g/mol. The summed E-state index contributed by atoms with van der Waals surface area (Å²) in [6.45, 7) is 3.52. The molecule has 0 radical (unpaired) electrons. The average Bonchev–Trinajstić information content (AvgIpc) is 3.43. The van der Waals surface area contributed by atoms with E-state index in [-0.39, 0.29) is 6.42 Å². The molecule has 1 aliphatic heterocycles. The summed E-state index contributed by atoms with van der Waals surface area (Å²) in [5.74, 6) is -0.688. The van der Waals surface area contributed by atoms with Gasteiger partial charge in [-0.2, -0.15) is 0 Å². The van der Waals surface area contributed by atoms with Gasteiger partial charge in [-0.25, -0.2) is 0 Å². The lowest BCUT2D eigenvalue weighted by atomic mass is 9.98. The van der Waals surface area contributed by atoms with Gasteiger partial charge in [-0.3, -0.25) is 4.79 Å². The Morgan fingerprint density at radius 3 is 0.961 bits per heavy atom. The maximum absolute atomic E-state index is 13.2. The van der Waals surface area contributed by atoms with E-state index in [2.05, 4.69) is 19.2 Å². The fraction of sp³-hybridized carbons (Fsp3) is 0.985. The molecule has 0 aromatic heterocycles. The standard InChI is InChI=1S/C66H131NO10/c1-3-5-7-9-11-13-15-17-19-21-23-24-25-26-27-28-29-30-31-32-33-34-35-36-38-39-41-43-45-47-49-51-53-58(69)61(71)57(56-76-66-64(74)63(73)62(72)60(55-68)77-66)67-65(75)59(70)54-52-50-48-46-44-42-40-37-22-20-18-16-14-12-10-8-6-4-2/h57-64,66,68-74H,3-56H2,1-2H3,(H,67,75). The van der Waals surface area contributed by atoms with E-state index in [9.17, 15) is 40.5 Å². The van der Waals surface area contributed by atoms with Crippen molar-refractivity contribution in [3.63, 3.8) is 0 Å². The molecule has 460 valence electrons. The van der Waals surface area contributed by atoms with Crippen molar-refractivity contribution in [3.8, 4) is 0 Å². The second kappa shape index (κ2) is 55.6. The summed E-state index contributed by atoms with van der Waals surface area (Å²) in [5.41, 5.74) is 0. The molecule has 1 aliphatic rings. The first-order chi connectivity index (χ1) is 37.7. The normalized spacial score (nSPS) is 19.4. The molecule has 1 rings (SSSR count). The number of hydrogen-bond donors (Lipinski definition) is 8. The van der Waals surface area contributed by atoms with Crippen molar-refractivity contribution < 1.29 is 50.0 Å². The quantitative estimate of drug-likeness (QED) is 0.0272. The van der Waals surface area contributed by atoms with Gasteiger partial charge in [0, 0.05) is 0 Å². The highest BCUT2D eigenvalue weighted by molar-refractivity contribution is 5.80. The molecule has 1 saturated heterocycles. The number of amides is 1. The summed E-state index contributed by atoms with van der Waals surface area (Å²) >= 11 is 0. The Morgan fingerprint density at radius 1 is 0.403 bits per heavy atom. The van der Waals surface area contributed by atoms with Gasteiger partial charge in [0.15, 0.2) is 6.29 Å². The van der Waals surface area contributed by atoms with E-state index < -0.39 is 74.2 Å². The van der Waals surface area contributed by atoms with Crippen LogP contribution in [0, 0.1) is 0 Å². The Bertz CT molecular complexity index is 1210. The van der Waals surface area contributed by atoms with Crippen LogP contribution in [-0.4, -0.2) is 110 Å². The summed E-state index contributed by atoms with van der Waals surface area (Å²) in [6, 6.07) is -1.16. The monoisotopic (exact) mass is 1100 g/mol. The van der Waals surface area contributed by atoms with E-state index in [4.69, 9.17) is 9.47 Å². The number of ether oxygens (including phenoxy) is 2. The lowest BCUT2D eigenvalue weighted by Gasteiger charge is -2.40. The molecule has 9 atom stereocenters. The van der Waals surface area contributed by atoms with E-state index in [0.29, 0.717) is 19.3 Å². The number of carbonyl (C=O) groups excluding carboxylic acids is 1. The van der Waals surface area contributed by atoms with E-state index in [1.807, 2.05) is 0 Å². The van der Waals surface area contributed by atoms with Gasteiger partial charge in [0.25, 0.3) is 0 Å². The topological polar surface area (TPSA) is 189 Å². The molecular formula is C66H131NO10. The summed E-state index contributed by atoms with van der Waals surface area (Å²) in [4.78, 5) is 13.2. The number of aliphatic hydroxyl groups is 7. The largest absolute Gasteiger partial charge is 0.394 e. The Labute approximate surface area is 475 Å². The van der Waals surface area contributed by atoms with Crippen molar-refractivity contribution in [2.45, 2.75) is 403 Å². The highest BCUT2D eigenvalue weighted by Gasteiger charge is 2.44. The van der Waals surface area contributed by atoms with Crippen LogP contribution >= 0.6 is 0 Å². The molecule has 11 heteroatoms. The number of carbonyl (C=O) groups is 1. The predicted octanol–water partition coefficient (Wildman–Crippen LogP) is 15.7. The number of nitrogens with one attached hydrogen (secondary N) is 1. The summed E-state index contributed by atoms with van der Waals surface area (Å²) in [6.07, 6.45) is 54.7. The maximum Gasteiger partial charge on any atom is 0.249 e. The number of rotatable bonds is 60. The predicted molar refractivity (Wildman–Crippen MR) is 321 cm³/mol. The molecule has 0 saturated carbocycles. The lowest BCUT2D eigenvalue weighted by Crippen LogP contribution is -2.60. The summed E-state index contributed by atoms with van der Waals surface area (Å²) in [7, 11) is 0. The Morgan fingerprint density at radius 2 is 0.675 bits per heavy atom. The molecule has 8 N–H and O–H groups in total. The van der Waals surface area contributed by atoms with E-state index in [1.54, 1.807) is 0 Å². The van der Waals surface area contributed by atoms with Crippen molar-refractivity contribution in [1.82, 2.24) is 5.32 Å². The third kappa shape index (κ3) is 43.5. The number of unbranched alkanes of at least 4 members (excludes halogenated alkanes) is 48. The summed E-state index contributed by atoms with van der Waals surface area (Å²) < 4.78 is 11.2. The molecule has 0 aromatic carbocycles. The van der Waals surface area contributed by atoms with Crippen LogP contribution in [0.25, 0.3) is 0 Å². The van der Waals surface area contributed by atoms with Crippen molar-refractivity contribution in [2.75, 3.05) is 13.2 Å². The van der Waals surface area contributed by atoms with Gasteiger partial charge in [0.05, 0.1) is 25.4 Å². The Hall–Kier alpha value is -0.890. The molecule has 0 aromatic rings. The number of aliphatic hydroxyl groups excluding tert-OH is 7. The smallest absolute Gasteiger partial charge is 0.249 e. The van der Waals surface area contributed by atoms with Gasteiger partial charge in [-0.1, -0.05) is 335 Å². The molecule has 1 amide bonds. The first kappa shape index (κ1) is 74.1. The van der Waals surface area contributed by atoms with Gasteiger partial charge in [-0.05, 0) is 12.8 Å². The second-order valence-corrected chi connectivity index (χ2v) is 24.3. The van der Waals surface area contributed by atoms with Crippen LogP contribution in [0.3, 0.4) is 0 Å². The van der Waals surface area contributed by atoms with Crippen LogP contribution in [0.5, 0.6) is 0 Å². The first-order valence-corrected chi connectivity index (χ1v) is 33.9. The van der Waals surface area contributed by atoms with E-state index >= 15 is 0 Å². The van der Waals surface area contributed by atoms with Crippen molar-refractivity contribution >= 4 is 5.91 Å². The molecule has 0 bridgehead atoms. The van der Waals surface area contributed by atoms with Gasteiger partial charge in [-0.15, -0.1) is 0 Å².